The van der Waals surface area contributed by atoms with E-state index in [9.17, 15) is 4.80 Å². The highest BCUT2D eigenvalue weighted by Crippen LogP contribution is 2.37. The van der Waals surface area contributed by atoms with Crippen molar-refractivity contribution in [1.29, 1.82) is 0 Å². The van der Waals surface area contributed by atoms with Gasteiger partial charge >= 0.3 is 0 Å². The van der Waals surface area contributed by atoms with Gasteiger partial charge in [-0.3, -0.25) is 0 Å². The Kier molecular flexibility index (Phi) is 2.71. The van der Waals surface area contributed by atoms with Gasteiger partial charge in [0.25, 0.3) is 0 Å². The van der Waals surface area contributed by atoms with Crippen LogP contribution in [0.5, 0.6) is 0 Å². The highest BCUT2D eigenvalue weighted by atomic mass is 29.7. The molecule has 1 N–H and O–H groups in total. The first kappa shape index (κ1) is 11.6. The van der Waals surface area contributed by atoms with Gasteiger partial charge in [0, 0.05) is 6.10 Å². The lowest BCUT2D eigenvalue weighted by molar-refractivity contribution is 0.229. The Labute approximate surface area is 84.2 Å². The smallest absolute Gasteiger partial charge is 0.175 e. The molecular weight excluding hydrogens is 212 g/mol. The van der Waals surface area contributed by atoms with Crippen LogP contribution in [0, 0.1) is 0 Å². The summed E-state index contributed by atoms with van der Waals surface area (Å²) in [6.45, 7) is 13.5. The first-order chi connectivity index (χ1) is 5.60. The monoisotopic (exact) mass is 234 g/mol. The summed E-state index contributed by atoms with van der Waals surface area (Å²) >= 11 is 0. The maximum Gasteiger partial charge on any atom is 0.175 e. The van der Waals surface area contributed by atoms with Crippen LogP contribution in [0.1, 0.15) is 6.92 Å². The summed E-state index contributed by atoms with van der Waals surface area (Å²) in [5.74, 6) is 0. The van der Waals surface area contributed by atoms with Crippen molar-refractivity contribution in [2.24, 2.45) is 0 Å². The molecule has 13 heavy (non-hydrogen) atoms. The fourth-order valence-corrected chi connectivity index (χ4v) is 27.6. The minimum atomic E-state index is -1.94. The molecule has 1 fully saturated rings. The average molecular weight is 235 g/mol. The number of hydrogen-bond donors (Lipinski definition) is 1. The Morgan fingerprint density at radius 3 is 2.00 bits per heavy atom. The molecule has 78 valence electrons. The second kappa shape index (κ2) is 3.03. The van der Waals surface area contributed by atoms with Crippen LogP contribution in [0.4, 0.5) is 0 Å². The summed E-state index contributed by atoms with van der Waals surface area (Å²) in [7, 11) is -4.98. The zero-order valence-corrected chi connectivity index (χ0v) is 12.6. The fourth-order valence-electron chi connectivity index (χ4n) is 2.16. The molecule has 2 atom stereocenters. The van der Waals surface area contributed by atoms with Gasteiger partial charge in [0.05, 0.1) is 7.11 Å². The topological polar surface area (TPSA) is 29.5 Å². The molecule has 5 heteroatoms. The van der Waals surface area contributed by atoms with Crippen LogP contribution in [-0.2, 0) is 4.43 Å². The third-order valence-corrected chi connectivity index (χ3v) is 40.4. The lowest BCUT2D eigenvalue weighted by Gasteiger charge is -2.52. The molecule has 0 amide bonds. The normalized spacial score (nSPS) is 43.2. The van der Waals surface area contributed by atoms with Crippen LogP contribution in [0.3, 0.4) is 0 Å². The van der Waals surface area contributed by atoms with E-state index >= 15 is 0 Å². The molecule has 1 rings (SSSR count). The standard InChI is InChI=1S/C8H22O2Si3/c1-8-7-13(6,9)12(4,5)11(2,3)10-8/h8-9H,7H2,1-6H3. The molecule has 1 heterocycles. The van der Waals surface area contributed by atoms with Crippen LogP contribution in [0.2, 0.25) is 38.8 Å². The van der Waals surface area contributed by atoms with Crippen LogP contribution in [0.15, 0.2) is 0 Å². The molecule has 2 unspecified atom stereocenters. The van der Waals surface area contributed by atoms with E-state index in [4.69, 9.17) is 4.43 Å². The predicted molar refractivity (Wildman–Crippen MR) is 64.2 cm³/mol. The molecule has 2 nitrogen and oxygen atoms in total. The van der Waals surface area contributed by atoms with E-state index in [1.54, 1.807) is 0 Å². The van der Waals surface area contributed by atoms with Crippen molar-refractivity contribution < 1.29 is 9.22 Å². The van der Waals surface area contributed by atoms with Crippen molar-refractivity contribution in [2.45, 2.75) is 51.8 Å². The summed E-state index contributed by atoms with van der Waals surface area (Å²) in [5.41, 5.74) is 0. The molecule has 1 saturated heterocycles. The van der Waals surface area contributed by atoms with Crippen molar-refractivity contribution in [3.8, 4) is 0 Å². The molecular formula is C8H22O2Si3. The molecule has 0 aromatic carbocycles. The first-order valence-electron chi connectivity index (χ1n) is 5.00. The first-order valence-corrected chi connectivity index (χ1v) is 15.6. The third-order valence-electron chi connectivity index (χ3n) is 4.03. The average Bonchev–Trinajstić information content (AvgIpc) is 1.80. The summed E-state index contributed by atoms with van der Waals surface area (Å²) in [6.07, 6.45) is 0.295. The number of rotatable bonds is 0. The Morgan fingerprint density at radius 1 is 1.15 bits per heavy atom. The fraction of sp³-hybridized carbons (Fsp3) is 1.00. The molecule has 0 aromatic rings. The van der Waals surface area contributed by atoms with Crippen molar-refractivity contribution in [2.75, 3.05) is 0 Å². The van der Waals surface area contributed by atoms with Gasteiger partial charge in [-0.15, -0.1) is 0 Å². The minimum Gasteiger partial charge on any atom is -0.435 e. The van der Waals surface area contributed by atoms with Crippen LogP contribution >= 0.6 is 0 Å². The SMILES string of the molecule is CC1C[Si](C)(O)[Si](C)(C)[Si](C)(C)O1. The maximum atomic E-state index is 10.6. The van der Waals surface area contributed by atoms with Gasteiger partial charge in [-0.2, -0.15) is 0 Å². The minimum absolute atomic E-state index is 0.295. The molecule has 0 spiro atoms. The van der Waals surface area contributed by atoms with Crippen LogP contribution in [0.25, 0.3) is 0 Å². The highest BCUT2D eigenvalue weighted by molar-refractivity contribution is 7.66. The Bertz CT molecular complexity index is 193. The summed E-state index contributed by atoms with van der Waals surface area (Å²) in [4.78, 5) is 10.6. The maximum absolute atomic E-state index is 10.6. The predicted octanol–water partition coefficient (Wildman–Crippen LogP) is 2.04. The zero-order valence-electron chi connectivity index (χ0n) is 9.64. The molecule has 0 aromatic heterocycles. The number of hydrogen-bond acceptors (Lipinski definition) is 2. The van der Waals surface area contributed by atoms with Gasteiger partial charge in [0.15, 0.2) is 15.7 Å². The van der Waals surface area contributed by atoms with Crippen molar-refractivity contribution in [3.05, 3.63) is 0 Å². The van der Waals surface area contributed by atoms with E-state index in [0.717, 1.165) is 6.04 Å². The van der Waals surface area contributed by atoms with Gasteiger partial charge in [-0.25, -0.2) is 0 Å². The summed E-state index contributed by atoms with van der Waals surface area (Å²) in [5, 5.41) is 0. The molecule has 0 radical (unpaired) electrons. The zero-order chi connectivity index (χ0) is 10.5. The van der Waals surface area contributed by atoms with E-state index in [-0.39, 0.29) is 0 Å². The van der Waals surface area contributed by atoms with Crippen molar-refractivity contribution in [3.63, 3.8) is 0 Å². The summed E-state index contributed by atoms with van der Waals surface area (Å²) < 4.78 is 6.10. The van der Waals surface area contributed by atoms with Crippen LogP contribution < -0.4 is 0 Å². The lowest BCUT2D eigenvalue weighted by atomic mass is 10.5. The Hall–Kier alpha value is 0.571. The van der Waals surface area contributed by atoms with Gasteiger partial charge in [0.1, 0.15) is 0 Å². The van der Waals surface area contributed by atoms with E-state index in [2.05, 4.69) is 39.7 Å². The lowest BCUT2D eigenvalue weighted by Crippen LogP contribution is -2.77. The quantitative estimate of drug-likeness (QED) is 0.650. The van der Waals surface area contributed by atoms with Crippen molar-refractivity contribution >= 4 is 22.8 Å². The van der Waals surface area contributed by atoms with Gasteiger partial charge in [-0.05, 0) is 32.6 Å². The molecule has 0 saturated carbocycles. The molecule has 1 aliphatic rings. The van der Waals surface area contributed by atoms with E-state index < -0.39 is 22.8 Å². The Balaban J connectivity index is 3.03. The van der Waals surface area contributed by atoms with Crippen molar-refractivity contribution in [1.82, 2.24) is 0 Å². The largest absolute Gasteiger partial charge is 0.435 e. The van der Waals surface area contributed by atoms with E-state index in [1.165, 1.54) is 0 Å². The van der Waals surface area contributed by atoms with Gasteiger partial charge in [-0.1, -0.05) is 13.1 Å². The highest BCUT2D eigenvalue weighted by Gasteiger charge is 2.60. The molecule has 1 aliphatic heterocycles. The third kappa shape index (κ3) is 1.72. The second-order valence-electron chi connectivity index (χ2n) is 5.54. The van der Waals surface area contributed by atoms with Gasteiger partial charge < -0.3 is 9.22 Å². The summed E-state index contributed by atoms with van der Waals surface area (Å²) in [6, 6.07) is 0.947. The van der Waals surface area contributed by atoms with Crippen LogP contribution in [-0.4, -0.2) is 33.7 Å². The van der Waals surface area contributed by atoms with Gasteiger partial charge in [0.2, 0.25) is 0 Å². The van der Waals surface area contributed by atoms with E-state index in [0.29, 0.717) is 6.10 Å². The molecule has 0 aliphatic carbocycles. The van der Waals surface area contributed by atoms with E-state index in [1.807, 2.05) is 0 Å². The Morgan fingerprint density at radius 2 is 1.62 bits per heavy atom. The second-order valence-corrected chi connectivity index (χ2v) is 30.8. The molecule has 0 bridgehead atoms.